The van der Waals surface area contributed by atoms with E-state index in [1.165, 1.54) is 12.1 Å². The van der Waals surface area contributed by atoms with Gasteiger partial charge < -0.3 is 9.64 Å². The number of pyridine rings is 1. The second-order valence-electron chi connectivity index (χ2n) is 5.50. The molecule has 128 valence electrons. The van der Waals surface area contributed by atoms with E-state index in [1.54, 1.807) is 54.8 Å². The number of aromatic amines is 1. The van der Waals surface area contributed by atoms with Gasteiger partial charge in [0.1, 0.15) is 11.6 Å². The molecule has 0 fully saturated rings. The molecule has 7 heteroatoms. The SMILES string of the molecule is CN(Cc1cn[nH]c1-c1ccc(F)cc1)C(=O)COc1cccnc1. The van der Waals surface area contributed by atoms with E-state index in [2.05, 4.69) is 15.2 Å². The molecule has 0 atom stereocenters. The van der Waals surface area contributed by atoms with E-state index < -0.39 is 0 Å². The smallest absolute Gasteiger partial charge is 0.260 e. The van der Waals surface area contributed by atoms with Crippen LogP contribution in [-0.2, 0) is 11.3 Å². The Morgan fingerprint density at radius 2 is 2.04 bits per heavy atom. The maximum atomic E-state index is 13.1. The van der Waals surface area contributed by atoms with Crippen molar-refractivity contribution in [2.24, 2.45) is 0 Å². The van der Waals surface area contributed by atoms with E-state index in [1.807, 2.05) is 0 Å². The van der Waals surface area contributed by atoms with Gasteiger partial charge in [-0.15, -0.1) is 0 Å². The topological polar surface area (TPSA) is 71.1 Å². The molecule has 2 aromatic heterocycles. The number of carbonyl (C=O) groups is 1. The summed E-state index contributed by atoms with van der Waals surface area (Å²) in [6.07, 6.45) is 4.84. The van der Waals surface area contributed by atoms with Crippen LogP contribution in [0.5, 0.6) is 5.75 Å². The van der Waals surface area contributed by atoms with Gasteiger partial charge in [-0.25, -0.2) is 4.39 Å². The van der Waals surface area contributed by atoms with Crippen LogP contribution in [0.2, 0.25) is 0 Å². The predicted octanol–water partition coefficient (Wildman–Crippen LogP) is 2.65. The number of likely N-dealkylation sites (N-methyl/N-ethyl adjacent to an activating group) is 1. The monoisotopic (exact) mass is 340 g/mol. The Hall–Kier alpha value is -3.22. The largest absolute Gasteiger partial charge is 0.482 e. The molecule has 0 spiro atoms. The van der Waals surface area contributed by atoms with Crippen molar-refractivity contribution < 1.29 is 13.9 Å². The zero-order valence-electron chi connectivity index (χ0n) is 13.6. The van der Waals surface area contributed by atoms with Crippen LogP contribution in [0, 0.1) is 5.82 Å². The second kappa shape index (κ2) is 7.57. The zero-order valence-corrected chi connectivity index (χ0v) is 13.6. The number of hydrogen-bond acceptors (Lipinski definition) is 4. The number of aromatic nitrogens is 3. The normalized spacial score (nSPS) is 10.5. The van der Waals surface area contributed by atoms with E-state index in [0.717, 1.165) is 16.8 Å². The van der Waals surface area contributed by atoms with Crippen molar-refractivity contribution in [3.05, 3.63) is 66.4 Å². The molecule has 2 heterocycles. The average Bonchev–Trinajstić information content (AvgIpc) is 3.09. The maximum Gasteiger partial charge on any atom is 0.260 e. The van der Waals surface area contributed by atoms with E-state index in [4.69, 9.17) is 4.74 Å². The summed E-state index contributed by atoms with van der Waals surface area (Å²) in [7, 11) is 1.69. The van der Waals surface area contributed by atoms with E-state index in [0.29, 0.717) is 12.3 Å². The molecular formula is C18H17FN4O2. The summed E-state index contributed by atoms with van der Waals surface area (Å²) >= 11 is 0. The average molecular weight is 340 g/mol. The first-order valence-electron chi connectivity index (χ1n) is 7.68. The van der Waals surface area contributed by atoms with Crippen molar-refractivity contribution in [2.75, 3.05) is 13.7 Å². The molecule has 6 nitrogen and oxygen atoms in total. The van der Waals surface area contributed by atoms with Gasteiger partial charge in [0.05, 0.1) is 18.1 Å². The molecular weight excluding hydrogens is 323 g/mol. The lowest BCUT2D eigenvalue weighted by molar-refractivity contribution is -0.132. The molecule has 3 rings (SSSR count). The van der Waals surface area contributed by atoms with Crippen LogP contribution >= 0.6 is 0 Å². The van der Waals surface area contributed by atoms with E-state index in [9.17, 15) is 9.18 Å². The first kappa shape index (κ1) is 16.6. The van der Waals surface area contributed by atoms with Gasteiger partial charge in [0.15, 0.2) is 6.61 Å². The third-order valence-corrected chi connectivity index (χ3v) is 3.68. The summed E-state index contributed by atoms with van der Waals surface area (Å²) in [5.41, 5.74) is 2.40. The molecule has 0 bridgehead atoms. The number of H-pyrrole nitrogens is 1. The second-order valence-corrected chi connectivity index (χ2v) is 5.50. The van der Waals surface area contributed by atoms with Crippen molar-refractivity contribution in [1.82, 2.24) is 20.1 Å². The Balaban J connectivity index is 1.63. The number of benzene rings is 1. The van der Waals surface area contributed by atoms with E-state index >= 15 is 0 Å². The number of hydrogen-bond donors (Lipinski definition) is 1. The first-order valence-corrected chi connectivity index (χ1v) is 7.68. The lowest BCUT2D eigenvalue weighted by Crippen LogP contribution is -2.31. The van der Waals surface area contributed by atoms with Crippen molar-refractivity contribution in [3.8, 4) is 17.0 Å². The Labute approximate surface area is 144 Å². The molecule has 0 radical (unpaired) electrons. The highest BCUT2D eigenvalue weighted by atomic mass is 19.1. The maximum absolute atomic E-state index is 13.1. The van der Waals surface area contributed by atoms with E-state index in [-0.39, 0.29) is 18.3 Å². The molecule has 1 aromatic carbocycles. The molecule has 0 saturated heterocycles. The Bertz CT molecular complexity index is 834. The fourth-order valence-corrected chi connectivity index (χ4v) is 2.33. The summed E-state index contributed by atoms with van der Waals surface area (Å²) in [5.74, 6) is 0.0688. The zero-order chi connectivity index (χ0) is 17.6. The third-order valence-electron chi connectivity index (χ3n) is 3.68. The lowest BCUT2D eigenvalue weighted by atomic mass is 10.1. The number of carbonyl (C=O) groups excluding carboxylic acids is 1. The number of nitrogens with one attached hydrogen (secondary N) is 1. The van der Waals surface area contributed by atoms with Crippen molar-refractivity contribution in [1.29, 1.82) is 0 Å². The van der Waals surface area contributed by atoms with Gasteiger partial charge in [0, 0.05) is 30.9 Å². The summed E-state index contributed by atoms with van der Waals surface area (Å²) in [6, 6.07) is 9.58. The van der Waals surface area contributed by atoms with Gasteiger partial charge in [-0.05, 0) is 36.4 Å². The predicted molar refractivity (Wildman–Crippen MR) is 90.2 cm³/mol. The minimum absolute atomic E-state index is 0.0775. The number of halogens is 1. The lowest BCUT2D eigenvalue weighted by Gasteiger charge is -2.17. The van der Waals surface area contributed by atoms with Crippen LogP contribution in [0.1, 0.15) is 5.56 Å². The molecule has 0 unspecified atom stereocenters. The standard InChI is InChI=1S/C18H17FN4O2/c1-23(17(24)12-25-16-3-2-8-20-10-16)11-14-9-21-22-18(14)13-4-6-15(19)7-5-13/h2-10H,11-12H2,1H3,(H,21,22). The van der Waals surface area contributed by atoms with Gasteiger partial charge in [-0.2, -0.15) is 5.10 Å². The number of rotatable bonds is 6. The third kappa shape index (κ3) is 4.20. The van der Waals surface area contributed by atoms with Crippen LogP contribution in [0.4, 0.5) is 4.39 Å². The van der Waals surface area contributed by atoms with Gasteiger partial charge >= 0.3 is 0 Å². The highest BCUT2D eigenvalue weighted by molar-refractivity contribution is 5.77. The Morgan fingerprint density at radius 3 is 2.76 bits per heavy atom. The number of amides is 1. The van der Waals surface area contributed by atoms with Crippen LogP contribution in [-0.4, -0.2) is 39.6 Å². The minimum atomic E-state index is -0.301. The van der Waals surface area contributed by atoms with Gasteiger partial charge in [-0.1, -0.05) is 0 Å². The van der Waals surface area contributed by atoms with Crippen molar-refractivity contribution in [2.45, 2.75) is 6.54 Å². The molecule has 0 aliphatic heterocycles. The summed E-state index contributed by atoms with van der Waals surface area (Å²) in [6.45, 7) is 0.282. The van der Waals surface area contributed by atoms with Crippen LogP contribution in [0.3, 0.4) is 0 Å². The van der Waals surface area contributed by atoms with Crippen LogP contribution in [0.25, 0.3) is 11.3 Å². The van der Waals surface area contributed by atoms with Gasteiger partial charge in [0.2, 0.25) is 0 Å². The molecule has 0 aliphatic rings. The number of nitrogens with zero attached hydrogens (tertiary/aromatic N) is 3. The van der Waals surface area contributed by atoms with Gasteiger partial charge in [-0.3, -0.25) is 14.9 Å². The summed E-state index contributed by atoms with van der Waals surface area (Å²) in [4.78, 5) is 17.7. The quantitative estimate of drug-likeness (QED) is 0.749. The number of ether oxygens (including phenoxy) is 1. The molecule has 1 N–H and O–H groups in total. The molecule has 3 aromatic rings. The van der Waals surface area contributed by atoms with Crippen LogP contribution in [0.15, 0.2) is 55.0 Å². The highest BCUT2D eigenvalue weighted by Crippen LogP contribution is 2.22. The minimum Gasteiger partial charge on any atom is -0.482 e. The fraction of sp³-hybridized carbons (Fsp3) is 0.167. The summed E-state index contributed by atoms with van der Waals surface area (Å²) < 4.78 is 18.5. The Morgan fingerprint density at radius 1 is 1.24 bits per heavy atom. The molecule has 25 heavy (non-hydrogen) atoms. The Kier molecular flexibility index (Phi) is 5.03. The first-order chi connectivity index (χ1) is 12.1. The molecule has 0 saturated carbocycles. The molecule has 0 aliphatic carbocycles. The van der Waals surface area contributed by atoms with Crippen molar-refractivity contribution >= 4 is 5.91 Å². The fourth-order valence-electron chi connectivity index (χ4n) is 2.33. The summed E-state index contributed by atoms with van der Waals surface area (Å²) in [5, 5.41) is 6.92. The van der Waals surface area contributed by atoms with Crippen LogP contribution < -0.4 is 4.74 Å². The molecule has 1 amide bonds. The highest BCUT2D eigenvalue weighted by Gasteiger charge is 2.14. The van der Waals surface area contributed by atoms with Crippen molar-refractivity contribution in [3.63, 3.8) is 0 Å². The van der Waals surface area contributed by atoms with Gasteiger partial charge in [0.25, 0.3) is 5.91 Å².